The summed E-state index contributed by atoms with van der Waals surface area (Å²) >= 11 is 3.43. The molecule has 4 aromatic carbocycles. The van der Waals surface area contributed by atoms with E-state index in [1.807, 2.05) is 75.4 Å². The molecule has 1 N–H and O–H groups in total. The van der Waals surface area contributed by atoms with Crippen LogP contribution in [-0.2, 0) is 32.6 Å². The van der Waals surface area contributed by atoms with Crippen molar-refractivity contribution in [1.29, 1.82) is 0 Å². The summed E-state index contributed by atoms with van der Waals surface area (Å²) in [6.07, 6.45) is 0.263. The highest BCUT2D eigenvalue weighted by Gasteiger charge is 2.34. The molecule has 0 aliphatic heterocycles. The number of nitrogens with zero attached hydrogens (tertiary/aromatic N) is 2. The summed E-state index contributed by atoms with van der Waals surface area (Å²) in [5.74, 6) is -0.806. The summed E-state index contributed by atoms with van der Waals surface area (Å²) in [7, 11) is -4.14. The molecule has 0 saturated carbocycles. The Labute approximate surface area is 262 Å². The normalized spacial score (nSPS) is 12.0. The number of halogens is 1. The number of aryl methyl sites for hydroxylation is 1. The van der Waals surface area contributed by atoms with Crippen LogP contribution in [0.2, 0.25) is 0 Å². The Kier molecular flexibility index (Phi) is 10.8. The van der Waals surface area contributed by atoms with Gasteiger partial charge in [-0.25, -0.2) is 8.42 Å². The van der Waals surface area contributed by atoms with E-state index < -0.39 is 28.5 Å². The van der Waals surface area contributed by atoms with E-state index in [2.05, 4.69) is 21.2 Å². The van der Waals surface area contributed by atoms with Gasteiger partial charge in [0, 0.05) is 23.5 Å². The van der Waals surface area contributed by atoms with Crippen molar-refractivity contribution in [3.63, 3.8) is 0 Å². The quantitative estimate of drug-likeness (QED) is 0.198. The minimum atomic E-state index is -4.14. The lowest BCUT2D eigenvalue weighted by atomic mass is 10.0. The van der Waals surface area contributed by atoms with Gasteiger partial charge in [-0.1, -0.05) is 100 Å². The Morgan fingerprint density at radius 3 is 2.05 bits per heavy atom. The molecule has 0 aliphatic rings. The van der Waals surface area contributed by atoms with Crippen LogP contribution < -0.4 is 9.62 Å². The first-order valence-corrected chi connectivity index (χ1v) is 16.3. The lowest BCUT2D eigenvalue weighted by Gasteiger charge is -2.34. The number of hydrogen-bond donors (Lipinski definition) is 1. The number of nitrogens with one attached hydrogen (secondary N) is 1. The van der Waals surface area contributed by atoms with Crippen molar-refractivity contribution in [3.8, 4) is 0 Å². The third-order valence-electron chi connectivity index (χ3n) is 6.88. The Morgan fingerprint density at radius 2 is 1.44 bits per heavy atom. The molecule has 0 spiro atoms. The lowest BCUT2D eigenvalue weighted by molar-refractivity contribution is -0.140. The van der Waals surface area contributed by atoms with Crippen LogP contribution in [0.3, 0.4) is 0 Å². The van der Waals surface area contributed by atoms with E-state index in [-0.39, 0.29) is 29.8 Å². The third kappa shape index (κ3) is 8.55. The topological polar surface area (TPSA) is 86.8 Å². The zero-order valence-corrected chi connectivity index (χ0v) is 26.9. The largest absolute Gasteiger partial charge is 0.352 e. The predicted molar refractivity (Wildman–Crippen MR) is 174 cm³/mol. The van der Waals surface area contributed by atoms with E-state index in [1.54, 1.807) is 42.5 Å². The highest BCUT2D eigenvalue weighted by molar-refractivity contribution is 9.10. The highest BCUT2D eigenvalue weighted by Crippen LogP contribution is 2.27. The Morgan fingerprint density at radius 1 is 0.814 bits per heavy atom. The highest BCUT2D eigenvalue weighted by atomic mass is 79.9. The second-order valence-corrected chi connectivity index (χ2v) is 13.5. The second kappa shape index (κ2) is 14.5. The van der Waals surface area contributed by atoms with Gasteiger partial charge in [0.15, 0.2) is 0 Å². The van der Waals surface area contributed by atoms with E-state index in [1.165, 1.54) is 17.0 Å². The maximum atomic E-state index is 14.4. The molecule has 0 aromatic heterocycles. The number of sulfonamides is 1. The summed E-state index contributed by atoms with van der Waals surface area (Å²) in [6.45, 7) is 5.33. The molecule has 9 heteroatoms. The van der Waals surface area contributed by atoms with Crippen molar-refractivity contribution in [1.82, 2.24) is 10.2 Å². The van der Waals surface area contributed by atoms with Crippen LogP contribution in [0.5, 0.6) is 0 Å². The van der Waals surface area contributed by atoms with Gasteiger partial charge in [-0.2, -0.15) is 0 Å². The summed E-state index contributed by atoms with van der Waals surface area (Å²) in [5, 5.41) is 2.97. The fourth-order valence-electron chi connectivity index (χ4n) is 4.70. The number of amides is 2. The first kappa shape index (κ1) is 32.0. The molecule has 0 radical (unpaired) electrons. The van der Waals surface area contributed by atoms with Crippen molar-refractivity contribution in [3.05, 3.63) is 130 Å². The molecule has 4 rings (SSSR count). The fourth-order valence-corrected chi connectivity index (χ4v) is 6.52. The van der Waals surface area contributed by atoms with Crippen LogP contribution in [-0.4, -0.2) is 43.8 Å². The van der Waals surface area contributed by atoms with Crippen molar-refractivity contribution < 1.29 is 18.0 Å². The average Bonchev–Trinajstić information content (AvgIpc) is 2.99. The molecular weight excluding hydrogens is 626 g/mol. The molecule has 2 amide bonds. The molecule has 0 saturated heterocycles. The van der Waals surface area contributed by atoms with Crippen molar-refractivity contribution in [2.24, 2.45) is 0 Å². The van der Waals surface area contributed by atoms with E-state index in [0.29, 0.717) is 10.2 Å². The van der Waals surface area contributed by atoms with Crippen LogP contribution in [0, 0.1) is 6.92 Å². The summed E-state index contributed by atoms with van der Waals surface area (Å²) < 4.78 is 29.8. The predicted octanol–water partition coefficient (Wildman–Crippen LogP) is 6.12. The van der Waals surface area contributed by atoms with Gasteiger partial charge in [0.05, 0.1) is 10.6 Å². The maximum Gasteiger partial charge on any atom is 0.264 e. The number of carbonyl (C=O) groups excluding carboxylic acids is 2. The molecule has 0 bridgehead atoms. The standard InChI is InChI=1S/C34H36BrN3O4S/c1-25(2)36-34(40)32(21-27-11-6-4-7-12-27)37(23-28-19-17-26(3)18-20-28)33(39)24-38(30-14-10-13-29(35)22-30)43(41,42)31-15-8-5-9-16-31/h4-20,22,25,32H,21,23-24H2,1-3H3,(H,36,40)/t32-/m1/s1. The molecular formula is C34H36BrN3O4S. The smallest absolute Gasteiger partial charge is 0.264 e. The number of rotatable bonds is 12. The molecule has 224 valence electrons. The molecule has 4 aromatic rings. The SMILES string of the molecule is Cc1ccc(CN(C(=O)CN(c2cccc(Br)c2)S(=O)(=O)c2ccccc2)[C@H](Cc2ccccc2)C(=O)NC(C)C)cc1. The number of anilines is 1. The third-order valence-corrected chi connectivity index (χ3v) is 9.16. The molecule has 0 fully saturated rings. The van der Waals surface area contributed by atoms with E-state index in [0.717, 1.165) is 21.0 Å². The van der Waals surface area contributed by atoms with Crippen LogP contribution in [0.4, 0.5) is 5.69 Å². The van der Waals surface area contributed by atoms with Gasteiger partial charge >= 0.3 is 0 Å². The molecule has 0 aliphatic carbocycles. The van der Waals surface area contributed by atoms with Crippen LogP contribution in [0.25, 0.3) is 0 Å². The average molecular weight is 663 g/mol. The van der Waals surface area contributed by atoms with Gasteiger partial charge in [-0.15, -0.1) is 0 Å². The van der Waals surface area contributed by atoms with Gasteiger partial charge < -0.3 is 10.2 Å². The van der Waals surface area contributed by atoms with Gasteiger partial charge in [0.1, 0.15) is 12.6 Å². The number of carbonyl (C=O) groups is 2. The summed E-state index contributed by atoms with van der Waals surface area (Å²) in [4.78, 5) is 29.7. The Hall–Kier alpha value is -3.95. The van der Waals surface area contributed by atoms with Gasteiger partial charge in [0.25, 0.3) is 10.0 Å². The van der Waals surface area contributed by atoms with Crippen molar-refractivity contribution in [2.45, 2.75) is 50.7 Å². The van der Waals surface area contributed by atoms with Gasteiger partial charge in [-0.3, -0.25) is 13.9 Å². The minimum absolute atomic E-state index is 0.0613. The zero-order chi connectivity index (χ0) is 31.0. The van der Waals surface area contributed by atoms with E-state index in [4.69, 9.17) is 0 Å². The van der Waals surface area contributed by atoms with E-state index >= 15 is 0 Å². The summed E-state index contributed by atoms with van der Waals surface area (Å²) in [6, 6.07) is 31.0. The molecule has 0 unspecified atom stereocenters. The molecule has 1 atom stereocenters. The van der Waals surface area contributed by atoms with Crippen LogP contribution in [0.1, 0.15) is 30.5 Å². The maximum absolute atomic E-state index is 14.4. The van der Waals surface area contributed by atoms with Gasteiger partial charge in [0.2, 0.25) is 11.8 Å². The van der Waals surface area contributed by atoms with Crippen LogP contribution >= 0.6 is 15.9 Å². The van der Waals surface area contributed by atoms with Crippen molar-refractivity contribution >= 4 is 43.5 Å². The lowest BCUT2D eigenvalue weighted by Crippen LogP contribution is -2.54. The second-order valence-electron chi connectivity index (χ2n) is 10.7. The first-order valence-electron chi connectivity index (χ1n) is 14.1. The van der Waals surface area contributed by atoms with Crippen LogP contribution in [0.15, 0.2) is 119 Å². The van der Waals surface area contributed by atoms with Crippen molar-refractivity contribution in [2.75, 3.05) is 10.8 Å². The molecule has 7 nitrogen and oxygen atoms in total. The number of benzene rings is 4. The van der Waals surface area contributed by atoms with Gasteiger partial charge in [-0.05, 0) is 62.2 Å². The molecule has 43 heavy (non-hydrogen) atoms. The Balaban J connectivity index is 1.80. The fraction of sp³-hybridized carbons (Fsp3) is 0.235. The first-order chi connectivity index (χ1) is 20.5. The monoisotopic (exact) mass is 661 g/mol. The number of hydrogen-bond acceptors (Lipinski definition) is 4. The zero-order valence-electron chi connectivity index (χ0n) is 24.5. The molecule has 0 heterocycles. The summed E-state index contributed by atoms with van der Waals surface area (Å²) in [5.41, 5.74) is 3.10. The minimum Gasteiger partial charge on any atom is -0.352 e. The van der Waals surface area contributed by atoms with E-state index in [9.17, 15) is 18.0 Å². The Bertz CT molecular complexity index is 1630.